The Bertz CT molecular complexity index is 523. The summed E-state index contributed by atoms with van der Waals surface area (Å²) in [5.74, 6) is -0.407. The van der Waals surface area contributed by atoms with E-state index in [1.807, 2.05) is 0 Å². The van der Waals surface area contributed by atoms with Crippen LogP contribution in [0.1, 0.15) is 16.1 Å². The first-order chi connectivity index (χ1) is 8.18. The van der Waals surface area contributed by atoms with E-state index in [0.29, 0.717) is 18.0 Å². The number of carboxylic acid groups (broad SMARTS) is 1. The van der Waals surface area contributed by atoms with Gasteiger partial charge in [0.15, 0.2) is 5.76 Å². The minimum absolute atomic E-state index is 0.0765. The summed E-state index contributed by atoms with van der Waals surface area (Å²) in [6, 6.07) is 6.50. The molecular weight excluding hydrogens is 222 g/mol. The number of nitrogens with two attached hydrogens (primary N) is 1. The molecule has 0 atom stereocenters. The molecule has 88 valence electrons. The van der Waals surface area contributed by atoms with Gasteiger partial charge < -0.3 is 20.7 Å². The van der Waals surface area contributed by atoms with Crippen molar-refractivity contribution in [3.63, 3.8) is 0 Å². The number of rotatable bonds is 4. The number of carbonyl (C=O) groups is 1. The number of hydrogen-bond donors (Lipinski definition) is 3. The topological polar surface area (TPSA) is 101 Å². The molecule has 0 unspecified atom stereocenters. The van der Waals surface area contributed by atoms with Crippen molar-refractivity contribution in [2.75, 3.05) is 11.1 Å². The maximum Gasteiger partial charge on any atom is 0.337 e. The van der Waals surface area contributed by atoms with Crippen LogP contribution in [0.5, 0.6) is 0 Å². The highest BCUT2D eigenvalue weighted by Gasteiger charge is 2.10. The summed E-state index contributed by atoms with van der Waals surface area (Å²) in [4.78, 5) is 10.9. The molecule has 0 fully saturated rings. The average molecular weight is 233 g/mol. The molecule has 1 heterocycles. The highest BCUT2D eigenvalue weighted by Crippen LogP contribution is 2.23. The van der Waals surface area contributed by atoms with E-state index < -0.39 is 5.97 Å². The fourth-order valence-corrected chi connectivity index (χ4v) is 1.42. The highest BCUT2D eigenvalue weighted by atomic mass is 16.5. The van der Waals surface area contributed by atoms with Gasteiger partial charge in [0.05, 0.1) is 29.7 Å². The van der Waals surface area contributed by atoms with Crippen LogP contribution in [0.25, 0.3) is 0 Å². The van der Waals surface area contributed by atoms with Crippen LogP contribution < -0.4 is 11.1 Å². The molecule has 0 radical (unpaired) electrons. The van der Waals surface area contributed by atoms with Gasteiger partial charge in [-0.05, 0) is 12.1 Å². The van der Waals surface area contributed by atoms with Crippen molar-refractivity contribution in [1.82, 2.24) is 5.16 Å². The summed E-state index contributed by atoms with van der Waals surface area (Å²) >= 11 is 0. The molecule has 1 aromatic carbocycles. The second-order valence-electron chi connectivity index (χ2n) is 3.40. The first-order valence-corrected chi connectivity index (χ1v) is 4.93. The lowest BCUT2D eigenvalue weighted by molar-refractivity contribution is 0.0698. The van der Waals surface area contributed by atoms with E-state index in [2.05, 4.69) is 10.5 Å². The highest BCUT2D eigenvalue weighted by molar-refractivity contribution is 5.97. The van der Waals surface area contributed by atoms with Crippen LogP contribution >= 0.6 is 0 Å². The molecule has 0 saturated heterocycles. The molecule has 4 N–H and O–H groups in total. The number of nitrogens with one attached hydrogen (secondary N) is 1. The molecule has 1 aromatic heterocycles. The molecule has 0 aliphatic carbocycles. The number of hydrogen-bond acceptors (Lipinski definition) is 5. The Balaban J connectivity index is 2.16. The fraction of sp³-hybridized carbons (Fsp3) is 0.0909. The van der Waals surface area contributed by atoms with Crippen molar-refractivity contribution in [2.45, 2.75) is 6.54 Å². The summed E-state index contributed by atoms with van der Waals surface area (Å²) in [6.45, 7) is 0.396. The molecule has 0 spiro atoms. The van der Waals surface area contributed by atoms with Crippen molar-refractivity contribution in [3.05, 3.63) is 41.8 Å². The lowest BCUT2D eigenvalue weighted by atomic mass is 10.1. The normalized spacial score (nSPS) is 10.1. The first kappa shape index (κ1) is 11.0. The standard InChI is InChI=1S/C11H11N3O3/c12-10-8(11(15)16)2-1-3-9(10)13-6-7-4-5-14-17-7/h1-5,13H,6,12H2,(H,15,16). The molecule has 6 heteroatoms. The van der Waals surface area contributed by atoms with E-state index in [1.165, 1.54) is 12.3 Å². The maximum absolute atomic E-state index is 10.9. The second kappa shape index (κ2) is 4.56. The minimum Gasteiger partial charge on any atom is -0.478 e. The van der Waals surface area contributed by atoms with Crippen LogP contribution in [0.15, 0.2) is 35.0 Å². The zero-order valence-electron chi connectivity index (χ0n) is 8.88. The third kappa shape index (κ3) is 2.36. The SMILES string of the molecule is Nc1c(NCc2ccno2)cccc1C(=O)O. The smallest absolute Gasteiger partial charge is 0.337 e. The summed E-state index contributed by atoms with van der Waals surface area (Å²) in [5, 5.41) is 15.5. The number of aromatic carboxylic acids is 1. The van der Waals surface area contributed by atoms with Gasteiger partial charge in [-0.2, -0.15) is 0 Å². The van der Waals surface area contributed by atoms with Gasteiger partial charge in [0, 0.05) is 6.07 Å². The largest absolute Gasteiger partial charge is 0.478 e. The van der Waals surface area contributed by atoms with Gasteiger partial charge >= 0.3 is 5.97 Å². The molecule has 0 saturated carbocycles. The van der Waals surface area contributed by atoms with Crippen molar-refractivity contribution >= 4 is 17.3 Å². The minimum atomic E-state index is -1.05. The molecule has 0 aliphatic heterocycles. The van der Waals surface area contributed by atoms with Crippen LogP contribution in [-0.2, 0) is 6.54 Å². The number of anilines is 2. The van der Waals surface area contributed by atoms with Gasteiger partial charge in [0.25, 0.3) is 0 Å². The Morgan fingerprint density at radius 3 is 2.94 bits per heavy atom. The number of nitrogen functional groups attached to an aromatic ring is 1. The summed E-state index contributed by atoms with van der Waals surface area (Å²) in [7, 11) is 0. The Morgan fingerprint density at radius 2 is 2.29 bits per heavy atom. The molecule has 6 nitrogen and oxygen atoms in total. The number of benzene rings is 1. The van der Waals surface area contributed by atoms with Crippen molar-refractivity contribution in [3.8, 4) is 0 Å². The average Bonchev–Trinajstić information content (AvgIpc) is 2.80. The van der Waals surface area contributed by atoms with Gasteiger partial charge in [-0.15, -0.1) is 0 Å². The monoisotopic (exact) mass is 233 g/mol. The van der Waals surface area contributed by atoms with Crippen LogP contribution in [0, 0.1) is 0 Å². The van der Waals surface area contributed by atoms with Gasteiger partial charge in [-0.1, -0.05) is 11.2 Å². The van der Waals surface area contributed by atoms with Gasteiger partial charge in [-0.25, -0.2) is 4.79 Å². The van der Waals surface area contributed by atoms with E-state index in [9.17, 15) is 4.79 Å². The Hall–Kier alpha value is -2.50. The lowest BCUT2D eigenvalue weighted by Crippen LogP contribution is -2.07. The molecule has 0 amide bonds. The van der Waals surface area contributed by atoms with Crippen LogP contribution in [0.2, 0.25) is 0 Å². The van der Waals surface area contributed by atoms with Crippen molar-refractivity contribution in [2.24, 2.45) is 0 Å². The third-order valence-corrected chi connectivity index (χ3v) is 2.28. The molecule has 17 heavy (non-hydrogen) atoms. The predicted molar refractivity (Wildman–Crippen MR) is 61.6 cm³/mol. The molecule has 2 rings (SSSR count). The second-order valence-corrected chi connectivity index (χ2v) is 3.40. The van der Waals surface area contributed by atoms with Gasteiger partial charge in [0.1, 0.15) is 0 Å². The van der Waals surface area contributed by atoms with Crippen molar-refractivity contribution in [1.29, 1.82) is 0 Å². The number of aromatic nitrogens is 1. The van der Waals surface area contributed by atoms with Crippen LogP contribution in [0.3, 0.4) is 0 Å². The van der Waals surface area contributed by atoms with E-state index in [-0.39, 0.29) is 11.3 Å². The lowest BCUT2D eigenvalue weighted by Gasteiger charge is -2.09. The third-order valence-electron chi connectivity index (χ3n) is 2.28. The number of carboxylic acids is 1. The first-order valence-electron chi connectivity index (χ1n) is 4.93. The molecule has 0 bridgehead atoms. The fourth-order valence-electron chi connectivity index (χ4n) is 1.42. The van der Waals surface area contributed by atoms with E-state index in [4.69, 9.17) is 15.4 Å². The zero-order chi connectivity index (χ0) is 12.3. The number of nitrogens with zero attached hydrogens (tertiary/aromatic N) is 1. The summed E-state index contributed by atoms with van der Waals surface area (Å²) in [6.07, 6.45) is 1.54. The summed E-state index contributed by atoms with van der Waals surface area (Å²) < 4.78 is 4.90. The van der Waals surface area contributed by atoms with E-state index in [1.54, 1.807) is 18.2 Å². The van der Waals surface area contributed by atoms with Gasteiger partial charge in [-0.3, -0.25) is 0 Å². The quantitative estimate of drug-likeness (QED) is 0.693. The predicted octanol–water partition coefficient (Wildman–Crippen LogP) is 1.57. The molecule has 2 aromatic rings. The van der Waals surface area contributed by atoms with E-state index in [0.717, 1.165) is 0 Å². The Morgan fingerprint density at radius 1 is 1.47 bits per heavy atom. The van der Waals surface area contributed by atoms with E-state index >= 15 is 0 Å². The van der Waals surface area contributed by atoms with Crippen LogP contribution in [0.4, 0.5) is 11.4 Å². The number of para-hydroxylation sites is 1. The zero-order valence-corrected chi connectivity index (χ0v) is 8.88. The van der Waals surface area contributed by atoms with Gasteiger partial charge in [0.2, 0.25) is 0 Å². The van der Waals surface area contributed by atoms with Crippen molar-refractivity contribution < 1.29 is 14.4 Å². The molecular formula is C11H11N3O3. The maximum atomic E-state index is 10.9. The summed E-state index contributed by atoms with van der Waals surface area (Å²) in [5.41, 5.74) is 6.58. The Kier molecular flexibility index (Phi) is 2.95. The molecule has 0 aliphatic rings. The van der Waals surface area contributed by atoms with Crippen LogP contribution in [-0.4, -0.2) is 16.2 Å². The Labute approximate surface area is 97.0 Å².